The number of ether oxygens (including phenoxy) is 2. The second kappa shape index (κ2) is 9.25. The molecule has 0 saturated carbocycles. The maximum absolute atomic E-state index is 13.3. The van der Waals surface area contributed by atoms with Crippen molar-refractivity contribution in [3.8, 4) is 6.01 Å². The van der Waals surface area contributed by atoms with E-state index in [-0.39, 0.29) is 24.0 Å². The van der Waals surface area contributed by atoms with Crippen molar-refractivity contribution in [1.29, 1.82) is 0 Å². The van der Waals surface area contributed by atoms with Crippen LogP contribution in [-0.2, 0) is 11.3 Å². The summed E-state index contributed by atoms with van der Waals surface area (Å²) in [6.45, 7) is 4.77. The number of unbranched alkanes of at least 4 members (excludes halogenated alkanes) is 1. The molecule has 0 amide bonds. The molecule has 2 aromatic heterocycles. The van der Waals surface area contributed by atoms with Crippen LogP contribution in [0.5, 0.6) is 6.01 Å². The molecule has 0 radical (unpaired) electrons. The smallest absolute Gasteiger partial charge is 0.320 e. The fraction of sp³-hybridized carbons (Fsp3) is 0.429. The summed E-state index contributed by atoms with van der Waals surface area (Å²) in [7, 11) is 0. The highest BCUT2D eigenvalue weighted by molar-refractivity contribution is 5.83. The highest BCUT2D eigenvalue weighted by atomic mass is 19.1. The highest BCUT2D eigenvalue weighted by Gasteiger charge is 2.22. The summed E-state index contributed by atoms with van der Waals surface area (Å²) in [5.41, 5.74) is -0.237. The number of benzene rings is 1. The van der Waals surface area contributed by atoms with Gasteiger partial charge in [0.05, 0.1) is 26.4 Å². The summed E-state index contributed by atoms with van der Waals surface area (Å²) >= 11 is 0. The summed E-state index contributed by atoms with van der Waals surface area (Å²) in [6, 6.07) is 5.89. The molecular formula is C21H24FN5O4. The minimum Gasteiger partial charge on any atom is -0.463 e. The third kappa shape index (κ3) is 4.58. The van der Waals surface area contributed by atoms with Crippen LogP contribution in [0.2, 0.25) is 0 Å². The van der Waals surface area contributed by atoms with E-state index < -0.39 is 11.1 Å². The number of nitrogens with zero attached hydrogens (tertiary/aromatic N) is 4. The van der Waals surface area contributed by atoms with Crippen LogP contribution in [0.4, 0.5) is 10.2 Å². The molecule has 9 nitrogen and oxygen atoms in total. The van der Waals surface area contributed by atoms with Crippen LogP contribution in [0.1, 0.15) is 25.3 Å². The zero-order valence-corrected chi connectivity index (χ0v) is 17.3. The number of hydrogen-bond donors (Lipinski definition) is 1. The van der Waals surface area contributed by atoms with Crippen molar-refractivity contribution in [1.82, 2.24) is 19.5 Å². The molecule has 1 fully saturated rings. The molecular weight excluding hydrogens is 405 g/mol. The molecule has 3 heterocycles. The Morgan fingerprint density at radius 2 is 1.90 bits per heavy atom. The number of rotatable bonds is 7. The van der Waals surface area contributed by atoms with Gasteiger partial charge in [0.2, 0.25) is 0 Å². The van der Waals surface area contributed by atoms with Gasteiger partial charge in [0.15, 0.2) is 11.5 Å². The predicted molar refractivity (Wildman–Crippen MR) is 113 cm³/mol. The quantitative estimate of drug-likeness (QED) is 0.450. The van der Waals surface area contributed by atoms with Crippen LogP contribution >= 0.6 is 0 Å². The molecule has 4 rings (SSSR count). The molecule has 0 aliphatic carbocycles. The van der Waals surface area contributed by atoms with E-state index in [9.17, 15) is 14.0 Å². The van der Waals surface area contributed by atoms with E-state index in [4.69, 9.17) is 9.47 Å². The summed E-state index contributed by atoms with van der Waals surface area (Å²) in [4.78, 5) is 38.8. The summed E-state index contributed by atoms with van der Waals surface area (Å²) in [5, 5.41) is 0. The van der Waals surface area contributed by atoms with Crippen LogP contribution in [0.3, 0.4) is 0 Å². The van der Waals surface area contributed by atoms with Crippen molar-refractivity contribution in [2.24, 2.45) is 0 Å². The minimum atomic E-state index is -0.771. The first-order valence-corrected chi connectivity index (χ1v) is 10.3. The van der Waals surface area contributed by atoms with E-state index in [0.29, 0.717) is 49.8 Å². The number of aromatic amines is 1. The van der Waals surface area contributed by atoms with E-state index >= 15 is 0 Å². The van der Waals surface area contributed by atoms with Gasteiger partial charge in [-0.1, -0.05) is 25.5 Å². The first-order chi connectivity index (χ1) is 15.1. The van der Waals surface area contributed by atoms with Gasteiger partial charge in [0.25, 0.3) is 0 Å². The monoisotopic (exact) mass is 429 g/mol. The van der Waals surface area contributed by atoms with Crippen LogP contribution in [0.15, 0.2) is 33.9 Å². The van der Waals surface area contributed by atoms with Crippen molar-refractivity contribution in [2.45, 2.75) is 26.3 Å². The average molecular weight is 429 g/mol. The van der Waals surface area contributed by atoms with Gasteiger partial charge in [0.1, 0.15) is 11.3 Å². The molecule has 0 spiro atoms. The normalized spacial score (nSPS) is 14.2. The van der Waals surface area contributed by atoms with E-state index in [1.165, 1.54) is 16.7 Å². The Morgan fingerprint density at radius 3 is 2.61 bits per heavy atom. The van der Waals surface area contributed by atoms with Crippen molar-refractivity contribution < 1.29 is 13.9 Å². The maximum Gasteiger partial charge on any atom is 0.320 e. The highest BCUT2D eigenvalue weighted by Crippen LogP contribution is 2.24. The van der Waals surface area contributed by atoms with Gasteiger partial charge in [0, 0.05) is 13.1 Å². The molecule has 31 heavy (non-hydrogen) atoms. The topological polar surface area (TPSA) is 102 Å². The fourth-order valence-electron chi connectivity index (χ4n) is 3.41. The molecule has 3 aromatic rings. The Morgan fingerprint density at radius 1 is 1.16 bits per heavy atom. The Balaban J connectivity index is 1.87. The number of fused-ring (bicyclic) bond motifs is 1. The number of halogens is 1. The lowest BCUT2D eigenvalue weighted by Gasteiger charge is -2.28. The van der Waals surface area contributed by atoms with Crippen LogP contribution in [0.25, 0.3) is 11.2 Å². The van der Waals surface area contributed by atoms with E-state index in [2.05, 4.69) is 21.9 Å². The molecule has 0 unspecified atom stereocenters. The number of aromatic nitrogens is 4. The molecule has 164 valence electrons. The molecule has 1 aliphatic rings. The Labute approximate surface area is 177 Å². The first-order valence-electron chi connectivity index (χ1n) is 10.3. The van der Waals surface area contributed by atoms with Crippen LogP contribution in [-0.4, -0.2) is 52.4 Å². The summed E-state index contributed by atoms with van der Waals surface area (Å²) in [6.07, 6.45) is 1.79. The van der Waals surface area contributed by atoms with E-state index in [1.54, 1.807) is 12.1 Å². The molecule has 10 heteroatoms. The molecule has 0 bridgehead atoms. The molecule has 0 atom stereocenters. The zero-order chi connectivity index (χ0) is 21.8. The Bertz CT molecular complexity index is 1170. The first kappa shape index (κ1) is 21.0. The van der Waals surface area contributed by atoms with Crippen molar-refractivity contribution >= 4 is 17.0 Å². The third-order valence-electron chi connectivity index (χ3n) is 5.08. The number of H-pyrrole nitrogens is 1. The standard InChI is InChI=1S/C21H24FN5O4/c1-2-3-10-31-21-24-17(26-8-11-30-12-9-26)16-18(25-21)27(20(29)19(28)23-16)13-14-4-6-15(22)7-5-14/h4-7H,2-3,8-13H2,1H3,(H,23,28). The Kier molecular flexibility index (Phi) is 6.26. The number of hydrogen-bond acceptors (Lipinski definition) is 7. The lowest BCUT2D eigenvalue weighted by molar-refractivity contribution is 0.122. The second-order valence-electron chi connectivity index (χ2n) is 7.30. The van der Waals surface area contributed by atoms with Gasteiger partial charge >= 0.3 is 17.1 Å². The Hall–Kier alpha value is -3.27. The predicted octanol–water partition coefficient (Wildman–Crippen LogP) is 1.68. The number of anilines is 1. The van der Waals surface area contributed by atoms with Gasteiger partial charge in [-0.15, -0.1) is 0 Å². The SMILES string of the molecule is CCCCOc1nc(N2CCOCC2)c2[nH]c(=O)c(=O)n(Cc3ccc(F)cc3)c2n1. The van der Waals surface area contributed by atoms with Crippen molar-refractivity contribution in [2.75, 3.05) is 37.8 Å². The van der Waals surface area contributed by atoms with Crippen LogP contribution in [0, 0.1) is 5.82 Å². The number of morpholine rings is 1. The summed E-state index contributed by atoms with van der Waals surface area (Å²) < 4.78 is 25.7. The lowest BCUT2D eigenvalue weighted by Crippen LogP contribution is -2.40. The largest absolute Gasteiger partial charge is 0.463 e. The maximum atomic E-state index is 13.3. The number of nitrogens with one attached hydrogen (secondary N) is 1. The van der Waals surface area contributed by atoms with Crippen molar-refractivity contribution in [3.05, 3.63) is 56.4 Å². The molecule has 1 aliphatic heterocycles. The van der Waals surface area contributed by atoms with Gasteiger partial charge in [-0.25, -0.2) is 4.39 Å². The fourth-order valence-corrected chi connectivity index (χ4v) is 3.41. The second-order valence-corrected chi connectivity index (χ2v) is 7.30. The van der Waals surface area contributed by atoms with Gasteiger partial charge in [-0.05, 0) is 24.1 Å². The molecule has 1 N–H and O–H groups in total. The molecule has 1 aromatic carbocycles. The summed E-state index contributed by atoms with van der Waals surface area (Å²) in [5.74, 6) is 0.111. The van der Waals surface area contributed by atoms with E-state index in [0.717, 1.165) is 12.8 Å². The lowest BCUT2D eigenvalue weighted by atomic mass is 10.2. The van der Waals surface area contributed by atoms with E-state index in [1.807, 2.05) is 4.90 Å². The van der Waals surface area contributed by atoms with Gasteiger partial charge < -0.3 is 19.4 Å². The third-order valence-corrected chi connectivity index (χ3v) is 5.08. The van der Waals surface area contributed by atoms with Crippen molar-refractivity contribution in [3.63, 3.8) is 0 Å². The van der Waals surface area contributed by atoms with Gasteiger partial charge in [-0.2, -0.15) is 9.97 Å². The van der Waals surface area contributed by atoms with Gasteiger partial charge in [-0.3, -0.25) is 14.2 Å². The minimum absolute atomic E-state index is 0.0630. The zero-order valence-electron chi connectivity index (χ0n) is 17.3. The van der Waals surface area contributed by atoms with Crippen LogP contribution < -0.4 is 20.8 Å². The average Bonchev–Trinajstić information content (AvgIpc) is 2.79. The molecule has 1 saturated heterocycles.